The van der Waals surface area contributed by atoms with Crippen LogP contribution in [0.25, 0.3) is 38.6 Å². The van der Waals surface area contributed by atoms with E-state index in [0.717, 1.165) is 6.42 Å². The maximum absolute atomic E-state index is 2.69. The molecule has 0 amide bonds. The standard InChI is InChI=1S/C37H31BN2/c1-4-5-12-23-21-27-26-14-10-17-29-35(26)40(32-20-9-7-16-28(32)37(29,2)3)38-30-18-11-15-25-24-13-6-8-19-31(24)39(36(25)30)33(22-23)34(27)38/h6-11,13-22H,4-5,12H2,1-3H3. The molecule has 0 N–H and O–H groups in total. The van der Waals surface area contributed by atoms with Crippen LogP contribution in [0.1, 0.15) is 50.3 Å². The molecule has 0 radical (unpaired) electrons. The third kappa shape index (κ3) is 2.61. The number of fused-ring (bicyclic) bond motifs is 9. The molecule has 40 heavy (non-hydrogen) atoms. The number of benzene rings is 5. The highest BCUT2D eigenvalue weighted by molar-refractivity contribution is 6.93. The van der Waals surface area contributed by atoms with E-state index in [9.17, 15) is 0 Å². The highest BCUT2D eigenvalue weighted by atomic mass is 15.1. The van der Waals surface area contributed by atoms with Crippen molar-refractivity contribution in [2.75, 3.05) is 4.81 Å². The molecule has 9 rings (SSSR count). The van der Waals surface area contributed by atoms with Gasteiger partial charge in [0.2, 0.25) is 0 Å². The van der Waals surface area contributed by atoms with Gasteiger partial charge < -0.3 is 9.38 Å². The molecule has 0 fully saturated rings. The second-order valence-corrected chi connectivity index (χ2v) is 12.4. The average molecular weight is 514 g/mol. The number of unbranched alkanes of at least 4 members (excludes halogenated alkanes) is 1. The number of rotatable bonds is 3. The van der Waals surface area contributed by atoms with Crippen molar-refractivity contribution < 1.29 is 0 Å². The van der Waals surface area contributed by atoms with E-state index < -0.39 is 0 Å². The van der Waals surface area contributed by atoms with Crippen LogP contribution in [0.2, 0.25) is 0 Å². The highest BCUT2D eigenvalue weighted by Crippen LogP contribution is 2.55. The Morgan fingerprint density at radius 3 is 2.40 bits per heavy atom. The lowest BCUT2D eigenvalue weighted by Gasteiger charge is -2.49. The monoisotopic (exact) mass is 514 g/mol. The summed E-state index contributed by atoms with van der Waals surface area (Å²) in [6.45, 7) is 7.22. The summed E-state index contributed by atoms with van der Waals surface area (Å²) in [4.78, 5) is 2.69. The van der Waals surface area contributed by atoms with Gasteiger partial charge in [0, 0.05) is 38.8 Å². The maximum atomic E-state index is 2.69. The first-order chi connectivity index (χ1) is 19.6. The summed E-state index contributed by atoms with van der Waals surface area (Å²) in [7, 11) is 0. The molecule has 2 nitrogen and oxygen atoms in total. The van der Waals surface area contributed by atoms with Crippen molar-refractivity contribution in [1.82, 2.24) is 4.57 Å². The number of anilines is 2. The van der Waals surface area contributed by atoms with Gasteiger partial charge >= 0.3 is 6.85 Å². The maximum Gasteiger partial charge on any atom is 0.333 e. The van der Waals surface area contributed by atoms with Crippen LogP contribution in [0, 0.1) is 0 Å². The van der Waals surface area contributed by atoms with Crippen molar-refractivity contribution in [2.24, 2.45) is 0 Å². The van der Waals surface area contributed by atoms with Crippen LogP contribution >= 0.6 is 0 Å². The van der Waals surface area contributed by atoms with Crippen LogP contribution in [0.4, 0.5) is 11.4 Å². The van der Waals surface area contributed by atoms with Gasteiger partial charge in [0.1, 0.15) is 0 Å². The molecule has 0 aliphatic carbocycles. The predicted molar refractivity (Wildman–Crippen MR) is 171 cm³/mol. The van der Waals surface area contributed by atoms with E-state index in [2.05, 4.69) is 127 Å². The molecule has 3 heteroatoms. The van der Waals surface area contributed by atoms with Gasteiger partial charge in [-0.05, 0) is 64.2 Å². The molecule has 4 heterocycles. The van der Waals surface area contributed by atoms with Crippen LogP contribution in [0.3, 0.4) is 0 Å². The molecule has 0 unspecified atom stereocenters. The first-order valence-electron chi connectivity index (χ1n) is 14.8. The fourth-order valence-electron chi connectivity index (χ4n) is 8.13. The molecule has 0 atom stereocenters. The zero-order valence-electron chi connectivity index (χ0n) is 23.3. The van der Waals surface area contributed by atoms with Crippen LogP contribution in [-0.2, 0) is 11.8 Å². The fourth-order valence-corrected chi connectivity index (χ4v) is 8.13. The molecule has 0 saturated heterocycles. The fraction of sp³-hybridized carbons (Fsp3) is 0.189. The number of aromatic nitrogens is 1. The Bertz CT molecular complexity index is 2050. The van der Waals surface area contributed by atoms with E-state index >= 15 is 0 Å². The summed E-state index contributed by atoms with van der Waals surface area (Å²) >= 11 is 0. The quantitative estimate of drug-likeness (QED) is 0.217. The molecule has 3 aliphatic rings. The molecule has 0 saturated carbocycles. The first-order valence-corrected chi connectivity index (χ1v) is 14.8. The molecular weight excluding hydrogens is 483 g/mol. The first kappa shape index (κ1) is 22.6. The van der Waals surface area contributed by atoms with Crippen LogP contribution in [-0.4, -0.2) is 11.4 Å². The van der Waals surface area contributed by atoms with Crippen molar-refractivity contribution in [3.05, 3.63) is 114 Å². The van der Waals surface area contributed by atoms with Crippen molar-refractivity contribution in [2.45, 2.75) is 45.4 Å². The minimum absolute atomic E-state index is 0.0752. The third-order valence-corrected chi connectivity index (χ3v) is 9.91. The Morgan fingerprint density at radius 1 is 0.725 bits per heavy atom. The van der Waals surface area contributed by atoms with E-state index in [1.165, 1.54) is 90.5 Å². The lowest BCUT2D eigenvalue weighted by atomic mass is 9.43. The van der Waals surface area contributed by atoms with Gasteiger partial charge in [-0.15, -0.1) is 0 Å². The van der Waals surface area contributed by atoms with E-state index in [4.69, 9.17) is 0 Å². The minimum atomic E-state index is -0.0752. The van der Waals surface area contributed by atoms with E-state index in [1.54, 1.807) is 0 Å². The lowest BCUT2D eigenvalue weighted by molar-refractivity contribution is 0.634. The van der Waals surface area contributed by atoms with E-state index in [0.29, 0.717) is 0 Å². The third-order valence-electron chi connectivity index (χ3n) is 9.91. The Morgan fingerprint density at radius 2 is 1.50 bits per heavy atom. The number of hydrogen-bond acceptors (Lipinski definition) is 1. The average Bonchev–Trinajstić information content (AvgIpc) is 3.33. The SMILES string of the molecule is CCCCc1cc2c3c(c1)-n1c4ccccc4c4cccc(c41)B3N1c3ccccc3C(C)(C)c3cccc-2c31. The zero-order valence-corrected chi connectivity index (χ0v) is 23.3. The largest absolute Gasteiger partial charge is 0.376 e. The number of nitrogens with zero attached hydrogens (tertiary/aromatic N) is 2. The van der Waals surface area contributed by atoms with Crippen LogP contribution in [0.5, 0.6) is 0 Å². The summed E-state index contributed by atoms with van der Waals surface area (Å²) in [5.41, 5.74) is 16.6. The topological polar surface area (TPSA) is 8.17 Å². The van der Waals surface area contributed by atoms with Crippen LogP contribution in [0.15, 0.2) is 97.1 Å². The number of aryl methyl sites for hydroxylation is 1. The molecule has 3 aliphatic heterocycles. The Hall–Kier alpha value is -4.24. The number of para-hydroxylation sites is 4. The number of hydrogen-bond donors (Lipinski definition) is 0. The molecular formula is C37H31BN2. The van der Waals surface area contributed by atoms with Gasteiger partial charge in [-0.2, -0.15) is 0 Å². The smallest absolute Gasteiger partial charge is 0.333 e. The Labute approximate surface area is 236 Å². The Kier molecular flexibility index (Phi) is 4.34. The minimum Gasteiger partial charge on any atom is -0.376 e. The van der Waals surface area contributed by atoms with Gasteiger partial charge in [0.05, 0.1) is 11.0 Å². The zero-order chi connectivity index (χ0) is 26.7. The summed E-state index contributed by atoms with van der Waals surface area (Å²) < 4.78 is 2.58. The van der Waals surface area contributed by atoms with E-state index in [1.807, 2.05) is 0 Å². The second-order valence-electron chi connectivity index (χ2n) is 12.4. The van der Waals surface area contributed by atoms with E-state index in [-0.39, 0.29) is 12.3 Å². The normalized spacial score (nSPS) is 15.3. The summed E-state index contributed by atoms with van der Waals surface area (Å²) in [6, 6.07) is 37.1. The predicted octanol–water partition coefficient (Wildman–Crippen LogP) is 8.00. The molecule has 0 spiro atoms. The highest BCUT2D eigenvalue weighted by Gasteiger charge is 2.49. The summed E-state index contributed by atoms with van der Waals surface area (Å²) in [6.07, 6.45) is 3.52. The molecule has 0 bridgehead atoms. The van der Waals surface area contributed by atoms with Gasteiger partial charge in [-0.25, -0.2) is 0 Å². The second kappa shape index (κ2) is 7.70. The van der Waals surface area contributed by atoms with Crippen LogP contribution < -0.4 is 15.7 Å². The lowest BCUT2D eigenvalue weighted by Crippen LogP contribution is -2.62. The molecule has 6 aromatic rings. The molecule has 5 aromatic carbocycles. The van der Waals surface area contributed by atoms with Gasteiger partial charge in [0.15, 0.2) is 0 Å². The van der Waals surface area contributed by atoms with Crippen molar-refractivity contribution in [1.29, 1.82) is 0 Å². The van der Waals surface area contributed by atoms with Crippen molar-refractivity contribution >= 4 is 51.0 Å². The molecule has 1 aromatic heterocycles. The summed E-state index contributed by atoms with van der Waals surface area (Å²) in [5, 5.41) is 2.69. The van der Waals surface area contributed by atoms with Gasteiger partial charge in [-0.1, -0.05) is 106 Å². The summed E-state index contributed by atoms with van der Waals surface area (Å²) in [5.74, 6) is 0. The molecule has 192 valence electrons. The van der Waals surface area contributed by atoms with Gasteiger partial charge in [0.25, 0.3) is 0 Å². The van der Waals surface area contributed by atoms with Gasteiger partial charge in [-0.3, -0.25) is 0 Å². The van der Waals surface area contributed by atoms with Crippen molar-refractivity contribution in [3.63, 3.8) is 0 Å². The van der Waals surface area contributed by atoms with Crippen molar-refractivity contribution in [3.8, 4) is 16.8 Å². The Balaban J connectivity index is 1.49.